The summed E-state index contributed by atoms with van der Waals surface area (Å²) in [5.41, 5.74) is 0.307. The molecule has 108 valence electrons. The molecule has 1 aliphatic heterocycles. The Morgan fingerprint density at radius 1 is 1.45 bits per heavy atom. The van der Waals surface area contributed by atoms with Crippen molar-refractivity contribution in [3.05, 3.63) is 28.5 Å². The fourth-order valence-electron chi connectivity index (χ4n) is 2.72. The molecule has 2 unspecified atom stereocenters. The van der Waals surface area contributed by atoms with Crippen LogP contribution >= 0.6 is 15.9 Å². The van der Waals surface area contributed by atoms with Crippen molar-refractivity contribution >= 4 is 27.8 Å². The van der Waals surface area contributed by atoms with E-state index in [0.717, 1.165) is 10.0 Å². The van der Waals surface area contributed by atoms with Gasteiger partial charge in [-0.1, -0.05) is 0 Å². The number of aliphatic carboxylic acids is 1. The number of likely N-dealkylation sites (tertiary alicyclic amines) is 1. The summed E-state index contributed by atoms with van der Waals surface area (Å²) >= 11 is 3.34. The van der Waals surface area contributed by atoms with E-state index >= 15 is 0 Å². The van der Waals surface area contributed by atoms with Crippen molar-refractivity contribution in [3.8, 4) is 0 Å². The lowest BCUT2D eigenvalue weighted by atomic mass is 9.93. The maximum atomic E-state index is 12.2. The Morgan fingerprint density at radius 2 is 2.10 bits per heavy atom. The number of aromatic nitrogens is 1. The average Bonchev–Trinajstić information content (AvgIpc) is 2.66. The smallest absolute Gasteiger partial charge is 0.309 e. The van der Waals surface area contributed by atoms with Crippen LogP contribution in [0.2, 0.25) is 0 Å². The maximum absolute atomic E-state index is 12.2. The predicted molar refractivity (Wildman–Crippen MR) is 77.0 cm³/mol. The molecule has 1 saturated heterocycles. The predicted octanol–water partition coefficient (Wildman–Crippen LogP) is 2.62. The van der Waals surface area contributed by atoms with E-state index in [1.807, 2.05) is 26.8 Å². The van der Waals surface area contributed by atoms with Crippen molar-refractivity contribution in [3.63, 3.8) is 0 Å². The van der Waals surface area contributed by atoms with Crippen molar-refractivity contribution in [1.82, 2.24) is 9.88 Å². The summed E-state index contributed by atoms with van der Waals surface area (Å²) in [5, 5.41) is 9.40. The molecule has 1 aromatic rings. The van der Waals surface area contributed by atoms with Crippen LogP contribution in [-0.4, -0.2) is 32.4 Å². The van der Waals surface area contributed by atoms with Crippen molar-refractivity contribution in [2.24, 2.45) is 5.92 Å². The summed E-state index contributed by atoms with van der Waals surface area (Å²) in [5.74, 6) is -1.82. The number of hydrogen-bond acceptors (Lipinski definition) is 3. The summed E-state index contributed by atoms with van der Waals surface area (Å²) in [6, 6.07) is 1.34. The van der Waals surface area contributed by atoms with Gasteiger partial charge in [-0.05, 0) is 48.3 Å². The largest absolute Gasteiger partial charge is 0.481 e. The Balaban J connectivity index is 2.52. The summed E-state index contributed by atoms with van der Waals surface area (Å²) in [4.78, 5) is 29.5. The highest BCUT2D eigenvalue weighted by atomic mass is 79.9. The van der Waals surface area contributed by atoms with E-state index in [1.54, 1.807) is 17.3 Å². The van der Waals surface area contributed by atoms with Gasteiger partial charge < -0.3 is 10.0 Å². The van der Waals surface area contributed by atoms with Crippen molar-refractivity contribution in [2.45, 2.75) is 38.8 Å². The van der Waals surface area contributed by atoms with Gasteiger partial charge in [0, 0.05) is 28.8 Å². The monoisotopic (exact) mass is 340 g/mol. The summed E-state index contributed by atoms with van der Waals surface area (Å²) < 4.78 is 0.771. The lowest BCUT2D eigenvalue weighted by Crippen LogP contribution is -2.44. The van der Waals surface area contributed by atoms with Gasteiger partial charge in [0.2, 0.25) is 5.91 Å². The highest BCUT2D eigenvalue weighted by Crippen LogP contribution is 2.42. The number of pyridine rings is 1. The Kier molecular flexibility index (Phi) is 3.86. The van der Waals surface area contributed by atoms with Gasteiger partial charge in [-0.15, -0.1) is 0 Å². The van der Waals surface area contributed by atoms with E-state index in [1.165, 1.54) is 0 Å². The number of carboxylic acid groups (broad SMARTS) is 1. The normalized spacial score (nSPS) is 23.2. The molecule has 20 heavy (non-hydrogen) atoms. The first-order chi connectivity index (χ1) is 9.21. The Morgan fingerprint density at radius 3 is 2.60 bits per heavy atom. The molecule has 5 nitrogen and oxygen atoms in total. The molecule has 2 rings (SSSR count). The maximum Gasteiger partial charge on any atom is 0.309 e. The number of carbonyl (C=O) groups is 2. The van der Waals surface area contributed by atoms with Gasteiger partial charge >= 0.3 is 5.97 Å². The standard InChI is InChI=1S/C14H17BrN2O3/c1-14(2,3)17-11(18)5-10(13(19)20)12(17)8-4-9(15)7-16-6-8/h4,6-7,10,12H,5H2,1-3H3,(H,19,20). The first-order valence-corrected chi connectivity index (χ1v) is 7.16. The first kappa shape index (κ1) is 15.0. The third-order valence-electron chi connectivity index (χ3n) is 3.43. The quantitative estimate of drug-likeness (QED) is 0.898. The van der Waals surface area contributed by atoms with E-state index in [-0.39, 0.29) is 12.3 Å². The lowest BCUT2D eigenvalue weighted by molar-refractivity contribution is -0.142. The number of amides is 1. The van der Waals surface area contributed by atoms with Gasteiger partial charge in [0.05, 0.1) is 12.0 Å². The molecule has 0 saturated carbocycles. The van der Waals surface area contributed by atoms with Crippen LogP contribution in [0.25, 0.3) is 0 Å². The number of nitrogens with zero attached hydrogens (tertiary/aromatic N) is 2. The fourth-order valence-corrected chi connectivity index (χ4v) is 3.10. The fraction of sp³-hybridized carbons (Fsp3) is 0.500. The zero-order valence-corrected chi connectivity index (χ0v) is 13.2. The van der Waals surface area contributed by atoms with Crippen molar-refractivity contribution < 1.29 is 14.7 Å². The van der Waals surface area contributed by atoms with Crippen LogP contribution in [0.15, 0.2) is 22.9 Å². The summed E-state index contributed by atoms with van der Waals surface area (Å²) in [6.07, 6.45) is 3.30. The molecule has 0 aromatic carbocycles. The van der Waals surface area contributed by atoms with Crippen LogP contribution in [0.4, 0.5) is 0 Å². The number of rotatable bonds is 2. The number of carbonyl (C=O) groups excluding carboxylic acids is 1. The molecule has 1 fully saturated rings. The molecule has 1 aromatic heterocycles. The van der Waals surface area contributed by atoms with Gasteiger partial charge in [-0.25, -0.2) is 0 Å². The third-order valence-corrected chi connectivity index (χ3v) is 3.86. The van der Waals surface area contributed by atoms with Gasteiger partial charge in [0.25, 0.3) is 0 Å². The second-order valence-electron chi connectivity index (χ2n) is 5.96. The third kappa shape index (κ3) is 2.70. The van der Waals surface area contributed by atoms with Crippen molar-refractivity contribution in [1.29, 1.82) is 0 Å². The Bertz CT molecular complexity index is 554. The van der Waals surface area contributed by atoms with Crippen LogP contribution in [0, 0.1) is 5.92 Å². The number of carboxylic acids is 1. The Labute approximate surface area is 126 Å². The highest BCUT2D eigenvalue weighted by Gasteiger charge is 2.48. The molecule has 1 aliphatic rings. The Hall–Kier alpha value is -1.43. The average molecular weight is 341 g/mol. The van der Waals surface area contributed by atoms with E-state index < -0.39 is 23.5 Å². The minimum atomic E-state index is -0.949. The SMILES string of the molecule is CC(C)(C)N1C(=O)CC(C(=O)O)C1c1cncc(Br)c1. The molecule has 6 heteroatoms. The second kappa shape index (κ2) is 5.16. The van der Waals surface area contributed by atoms with Gasteiger partial charge in [-0.2, -0.15) is 0 Å². The van der Waals surface area contributed by atoms with Gasteiger partial charge in [0.15, 0.2) is 0 Å². The molecule has 0 aliphatic carbocycles. The lowest BCUT2D eigenvalue weighted by Gasteiger charge is -2.38. The minimum Gasteiger partial charge on any atom is -0.481 e. The van der Waals surface area contributed by atoms with E-state index in [2.05, 4.69) is 20.9 Å². The highest BCUT2D eigenvalue weighted by molar-refractivity contribution is 9.10. The van der Waals surface area contributed by atoms with Crippen LogP contribution in [0.1, 0.15) is 38.8 Å². The van der Waals surface area contributed by atoms with Crippen LogP contribution < -0.4 is 0 Å². The van der Waals surface area contributed by atoms with Gasteiger partial charge in [-0.3, -0.25) is 14.6 Å². The molecule has 2 heterocycles. The van der Waals surface area contributed by atoms with E-state index in [9.17, 15) is 14.7 Å². The van der Waals surface area contributed by atoms with Gasteiger partial charge in [0.1, 0.15) is 0 Å². The summed E-state index contributed by atoms with van der Waals surface area (Å²) in [7, 11) is 0. The summed E-state index contributed by atoms with van der Waals surface area (Å²) in [6.45, 7) is 5.73. The first-order valence-electron chi connectivity index (χ1n) is 6.37. The van der Waals surface area contributed by atoms with Crippen LogP contribution in [0.3, 0.4) is 0 Å². The molecular formula is C14H17BrN2O3. The molecule has 0 bridgehead atoms. The minimum absolute atomic E-state index is 0.0315. The molecule has 0 radical (unpaired) electrons. The number of halogens is 1. The second-order valence-corrected chi connectivity index (χ2v) is 6.88. The zero-order chi connectivity index (χ0) is 15.1. The molecule has 2 atom stereocenters. The number of hydrogen-bond donors (Lipinski definition) is 1. The van der Waals surface area contributed by atoms with Crippen LogP contribution in [-0.2, 0) is 9.59 Å². The van der Waals surface area contributed by atoms with E-state index in [0.29, 0.717) is 0 Å². The topological polar surface area (TPSA) is 70.5 Å². The zero-order valence-electron chi connectivity index (χ0n) is 11.6. The van der Waals surface area contributed by atoms with Crippen LogP contribution in [0.5, 0.6) is 0 Å². The van der Waals surface area contributed by atoms with Crippen molar-refractivity contribution in [2.75, 3.05) is 0 Å². The molecular weight excluding hydrogens is 324 g/mol. The molecule has 1 amide bonds. The molecule has 0 spiro atoms. The molecule has 1 N–H and O–H groups in total. The van der Waals surface area contributed by atoms with E-state index in [4.69, 9.17) is 0 Å².